The summed E-state index contributed by atoms with van der Waals surface area (Å²) in [6.45, 7) is 0.383. The molecule has 0 spiro atoms. The quantitative estimate of drug-likeness (QED) is 0.728. The molecule has 96 valence electrons. The zero-order valence-corrected chi connectivity index (χ0v) is 10.7. The van der Waals surface area contributed by atoms with Gasteiger partial charge >= 0.3 is 0 Å². The van der Waals surface area contributed by atoms with Crippen LogP contribution in [0.15, 0.2) is 24.5 Å². The van der Waals surface area contributed by atoms with Crippen molar-refractivity contribution in [2.45, 2.75) is 19.4 Å². The molecule has 0 bridgehead atoms. The number of hydrogen-bond acceptors (Lipinski definition) is 4. The first-order valence-electron chi connectivity index (χ1n) is 5.50. The first kappa shape index (κ1) is 14.1. The summed E-state index contributed by atoms with van der Waals surface area (Å²) >= 11 is 0. The molecule has 5 nitrogen and oxygen atoms in total. The Morgan fingerprint density at radius 1 is 1.29 bits per heavy atom. The topological polar surface area (TPSA) is 70.5 Å². The average Bonchev–Trinajstić information content (AvgIpc) is 2.30. The van der Waals surface area contributed by atoms with Crippen LogP contribution in [0, 0.1) is 0 Å². The Morgan fingerprint density at radius 3 is 2.53 bits per heavy atom. The number of aromatic nitrogens is 1. The highest BCUT2D eigenvalue weighted by molar-refractivity contribution is 7.89. The molecule has 17 heavy (non-hydrogen) atoms. The minimum Gasteiger partial charge on any atom is -0.396 e. The molecular weight excluding hydrogens is 240 g/mol. The van der Waals surface area contributed by atoms with Gasteiger partial charge in [0.25, 0.3) is 0 Å². The maximum atomic E-state index is 11.8. The summed E-state index contributed by atoms with van der Waals surface area (Å²) in [5.74, 6) is 0.0785. The van der Waals surface area contributed by atoms with E-state index in [0.717, 1.165) is 5.56 Å². The van der Waals surface area contributed by atoms with Crippen molar-refractivity contribution in [3.05, 3.63) is 30.1 Å². The monoisotopic (exact) mass is 258 g/mol. The summed E-state index contributed by atoms with van der Waals surface area (Å²) in [4.78, 5) is 3.88. The van der Waals surface area contributed by atoms with Gasteiger partial charge in [-0.2, -0.15) is 0 Å². The molecule has 0 saturated carbocycles. The van der Waals surface area contributed by atoms with Crippen LogP contribution < -0.4 is 0 Å². The van der Waals surface area contributed by atoms with Gasteiger partial charge in [0, 0.05) is 32.6 Å². The van der Waals surface area contributed by atoms with Gasteiger partial charge in [-0.25, -0.2) is 12.7 Å². The number of sulfonamides is 1. The molecule has 1 aromatic rings. The molecule has 0 aliphatic heterocycles. The summed E-state index contributed by atoms with van der Waals surface area (Å²) < 4.78 is 25.0. The van der Waals surface area contributed by atoms with Crippen LogP contribution in [-0.4, -0.2) is 42.2 Å². The third-order valence-corrected chi connectivity index (χ3v) is 4.32. The number of rotatable bonds is 7. The van der Waals surface area contributed by atoms with Crippen molar-refractivity contribution in [1.29, 1.82) is 0 Å². The zero-order valence-electron chi connectivity index (χ0n) is 9.91. The van der Waals surface area contributed by atoms with E-state index in [1.54, 1.807) is 31.6 Å². The maximum absolute atomic E-state index is 11.8. The Labute approximate surface area is 102 Å². The number of nitrogens with zero attached hydrogens (tertiary/aromatic N) is 2. The fourth-order valence-electron chi connectivity index (χ4n) is 1.40. The zero-order chi connectivity index (χ0) is 12.7. The van der Waals surface area contributed by atoms with E-state index in [4.69, 9.17) is 5.11 Å². The molecule has 0 unspecified atom stereocenters. The van der Waals surface area contributed by atoms with E-state index in [1.807, 2.05) is 0 Å². The van der Waals surface area contributed by atoms with Crippen LogP contribution >= 0.6 is 0 Å². The van der Waals surface area contributed by atoms with Gasteiger partial charge in [-0.1, -0.05) is 0 Å². The second-order valence-corrected chi connectivity index (χ2v) is 6.05. The Bertz CT molecular complexity index is 420. The van der Waals surface area contributed by atoms with Gasteiger partial charge in [-0.05, 0) is 30.5 Å². The molecule has 0 radical (unpaired) electrons. The van der Waals surface area contributed by atoms with Crippen molar-refractivity contribution < 1.29 is 13.5 Å². The molecule has 0 atom stereocenters. The SMILES string of the molecule is CN(Cc1ccncc1)S(=O)(=O)CCCCO. The molecule has 0 amide bonds. The summed E-state index contributed by atoms with van der Waals surface area (Å²) in [5, 5.41) is 8.62. The third kappa shape index (κ3) is 4.80. The van der Waals surface area contributed by atoms with Gasteiger partial charge in [-0.3, -0.25) is 4.98 Å². The van der Waals surface area contributed by atoms with Gasteiger partial charge in [0.2, 0.25) is 10.0 Å². The van der Waals surface area contributed by atoms with Crippen LogP contribution in [0.1, 0.15) is 18.4 Å². The lowest BCUT2D eigenvalue weighted by Gasteiger charge is -2.16. The standard InChI is InChI=1S/C11H18N2O3S/c1-13(10-11-4-6-12-7-5-11)17(15,16)9-3-2-8-14/h4-7,14H,2-3,8-10H2,1H3. The van der Waals surface area contributed by atoms with E-state index in [-0.39, 0.29) is 12.4 Å². The van der Waals surface area contributed by atoms with Crippen molar-refractivity contribution in [3.8, 4) is 0 Å². The van der Waals surface area contributed by atoms with Gasteiger partial charge in [0.1, 0.15) is 0 Å². The molecular formula is C11H18N2O3S. The minimum atomic E-state index is -3.23. The lowest BCUT2D eigenvalue weighted by molar-refractivity contribution is 0.287. The van der Waals surface area contributed by atoms with Gasteiger partial charge in [0.15, 0.2) is 0 Å². The molecule has 0 saturated heterocycles. The van der Waals surface area contributed by atoms with Crippen molar-refractivity contribution in [3.63, 3.8) is 0 Å². The molecule has 1 N–H and O–H groups in total. The Morgan fingerprint density at radius 2 is 1.94 bits per heavy atom. The smallest absolute Gasteiger partial charge is 0.214 e. The van der Waals surface area contributed by atoms with Crippen LogP contribution in [0.25, 0.3) is 0 Å². The molecule has 0 aliphatic carbocycles. The molecule has 6 heteroatoms. The van der Waals surface area contributed by atoms with Crippen LogP contribution in [0.4, 0.5) is 0 Å². The largest absolute Gasteiger partial charge is 0.396 e. The highest BCUT2D eigenvalue weighted by atomic mass is 32.2. The lowest BCUT2D eigenvalue weighted by Crippen LogP contribution is -2.28. The van der Waals surface area contributed by atoms with E-state index < -0.39 is 10.0 Å². The summed E-state index contributed by atoms with van der Waals surface area (Å²) in [6.07, 6.45) is 4.28. The second-order valence-electron chi connectivity index (χ2n) is 3.86. The van der Waals surface area contributed by atoms with Crippen molar-refractivity contribution in [2.75, 3.05) is 19.4 Å². The summed E-state index contributed by atoms with van der Waals surface area (Å²) in [6, 6.07) is 3.58. The average molecular weight is 258 g/mol. The molecule has 1 rings (SSSR count). The Balaban J connectivity index is 2.54. The van der Waals surface area contributed by atoms with E-state index in [0.29, 0.717) is 19.4 Å². The highest BCUT2D eigenvalue weighted by Gasteiger charge is 2.17. The van der Waals surface area contributed by atoms with E-state index in [1.165, 1.54) is 4.31 Å². The maximum Gasteiger partial charge on any atom is 0.214 e. The molecule has 0 fully saturated rings. The fraction of sp³-hybridized carbons (Fsp3) is 0.545. The Kier molecular flexibility index (Phi) is 5.54. The molecule has 0 aliphatic rings. The van der Waals surface area contributed by atoms with Crippen molar-refractivity contribution >= 4 is 10.0 Å². The first-order chi connectivity index (χ1) is 8.06. The second kappa shape index (κ2) is 6.68. The van der Waals surface area contributed by atoms with Crippen LogP contribution in [0.3, 0.4) is 0 Å². The number of aliphatic hydroxyl groups excluding tert-OH is 1. The number of aliphatic hydroxyl groups is 1. The van der Waals surface area contributed by atoms with Crippen LogP contribution in [0.2, 0.25) is 0 Å². The fourth-order valence-corrected chi connectivity index (χ4v) is 2.62. The molecule has 1 heterocycles. The van der Waals surface area contributed by atoms with E-state index in [2.05, 4.69) is 4.98 Å². The molecule has 1 aromatic heterocycles. The molecule has 0 aromatic carbocycles. The third-order valence-electron chi connectivity index (χ3n) is 2.44. The van der Waals surface area contributed by atoms with E-state index >= 15 is 0 Å². The van der Waals surface area contributed by atoms with Crippen LogP contribution in [0.5, 0.6) is 0 Å². The van der Waals surface area contributed by atoms with E-state index in [9.17, 15) is 8.42 Å². The normalized spacial score (nSPS) is 11.9. The van der Waals surface area contributed by atoms with Gasteiger partial charge in [-0.15, -0.1) is 0 Å². The summed E-state index contributed by atoms with van der Waals surface area (Å²) in [7, 11) is -1.66. The Hall–Kier alpha value is -0.980. The number of hydrogen-bond donors (Lipinski definition) is 1. The van der Waals surface area contributed by atoms with Gasteiger partial charge < -0.3 is 5.11 Å². The predicted octanol–water partition coefficient (Wildman–Crippen LogP) is 0.616. The first-order valence-corrected chi connectivity index (χ1v) is 7.11. The van der Waals surface area contributed by atoms with Crippen molar-refractivity contribution in [2.24, 2.45) is 0 Å². The predicted molar refractivity (Wildman–Crippen MR) is 65.8 cm³/mol. The van der Waals surface area contributed by atoms with Crippen molar-refractivity contribution in [1.82, 2.24) is 9.29 Å². The van der Waals surface area contributed by atoms with Crippen LogP contribution in [-0.2, 0) is 16.6 Å². The highest BCUT2D eigenvalue weighted by Crippen LogP contribution is 2.08. The van der Waals surface area contributed by atoms with Gasteiger partial charge in [0.05, 0.1) is 5.75 Å². The lowest BCUT2D eigenvalue weighted by atomic mass is 10.3. The number of unbranched alkanes of at least 4 members (excludes halogenated alkanes) is 1. The minimum absolute atomic E-state index is 0.0313. The number of pyridine rings is 1. The summed E-state index contributed by atoms with van der Waals surface area (Å²) in [5.41, 5.74) is 0.910.